The third-order valence-corrected chi connectivity index (χ3v) is 6.79. The van der Waals surface area contributed by atoms with Crippen LogP contribution in [0.1, 0.15) is 32.1 Å². The van der Waals surface area contributed by atoms with Crippen LogP contribution >= 0.6 is 11.3 Å². The Morgan fingerprint density at radius 3 is 2.57 bits per heavy atom. The van der Waals surface area contributed by atoms with Gasteiger partial charge in [-0.2, -0.15) is 0 Å². The quantitative estimate of drug-likeness (QED) is 0.902. The van der Waals surface area contributed by atoms with E-state index in [0.717, 1.165) is 24.6 Å². The molecule has 1 aromatic heterocycles. The lowest BCUT2D eigenvalue weighted by Gasteiger charge is -2.30. The van der Waals surface area contributed by atoms with E-state index >= 15 is 0 Å². The Morgan fingerprint density at radius 2 is 1.90 bits per heavy atom. The number of rotatable bonds is 3. The molecule has 21 heavy (non-hydrogen) atoms. The van der Waals surface area contributed by atoms with Crippen molar-refractivity contribution in [1.82, 2.24) is 9.88 Å². The number of thiazole rings is 1. The summed E-state index contributed by atoms with van der Waals surface area (Å²) in [5.74, 6) is 0. The number of likely N-dealkylation sites (tertiary alicyclic amines) is 1. The van der Waals surface area contributed by atoms with Gasteiger partial charge >= 0.3 is 0 Å². The second kappa shape index (κ2) is 6.20. The zero-order chi connectivity index (χ0) is 14.9. The van der Waals surface area contributed by atoms with E-state index in [1.807, 2.05) is 0 Å². The molecule has 0 aromatic carbocycles. The molecule has 1 atom stereocenters. The maximum Gasteiger partial charge on any atom is 0.249 e. The molecule has 1 aromatic rings. The molecule has 8 heteroatoms. The smallest absolute Gasteiger partial charge is 0.249 e. The van der Waals surface area contributed by atoms with Gasteiger partial charge in [0.05, 0.1) is 6.20 Å². The van der Waals surface area contributed by atoms with Gasteiger partial charge in [-0.05, 0) is 38.8 Å². The fourth-order valence-corrected chi connectivity index (χ4v) is 4.80. The van der Waals surface area contributed by atoms with E-state index in [2.05, 4.69) is 14.8 Å². The molecule has 0 aliphatic carbocycles. The predicted molar refractivity (Wildman–Crippen MR) is 84.1 cm³/mol. The molecule has 0 amide bonds. The van der Waals surface area contributed by atoms with Crippen LogP contribution in [0.4, 0.5) is 5.13 Å². The van der Waals surface area contributed by atoms with Gasteiger partial charge in [-0.3, -0.25) is 4.90 Å². The Morgan fingerprint density at radius 1 is 1.19 bits per heavy atom. The Hall–Kier alpha value is -0.700. The van der Waals surface area contributed by atoms with Crippen molar-refractivity contribution in [2.75, 3.05) is 31.1 Å². The van der Waals surface area contributed by atoms with Crippen molar-refractivity contribution in [3.63, 3.8) is 0 Å². The minimum atomic E-state index is -3.64. The minimum absolute atomic E-state index is 0.152. The topological polar surface area (TPSA) is 79.5 Å². The summed E-state index contributed by atoms with van der Waals surface area (Å²) in [6, 6.07) is 0.567. The first-order valence-corrected chi connectivity index (χ1v) is 9.88. The van der Waals surface area contributed by atoms with E-state index < -0.39 is 10.0 Å². The molecule has 2 N–H and O–H groups in total. The molecule has 0 spiro atoms. The van der Waals surface area contributed by atoms with Gasteiger partial charge in [0.15, 0.2) is 9.34 Å². The Labute approximate surface area is 130 Å². The summed E-state index contributed by atoms with van der Waals surface area (Å²) in [6.45, 7) is 4.27. The van der Waals surface area contributed by atoms with Gasteiger partial charge in [-0.15, -0.1) is 0 Å². The van der Waals surface area contributed by atoms with Gasteiger partial charge in [0, 0.05) is 19.1 Å². The summed E-state index contributed by atoms with van der Waals surface area (Å²) >= 11 is 1.18. The van der Waals surface area contributed by atoms with E-state index in [0.29, 0.717) is 6.04 Å². The average Bonchev–Trinajstić information content (AvgIpc) is 3.06. The molecular formula is C13H22N4O2S2. The number of aromatic nitrogens is 1. The molecule has 0 saturated carbocycles. The number of anilines is 1. The van der Waals surface area contributed by atoms with Gasteiger partial charge in [-0.25, -0.2) is 18.5 Å². The van der Waals surface area contributed by atoms with Crippen molar-refractivity contribution in [2.24, 2.45) is 5.14 Å². The highest BCUT2D eigenvalue weighted by Crippen LogP contribution is 2.29. The third-order valence-electron chi connectivity index (χ3n) is 4.33. The lowest BCUT2D eigenvalue weighted by atomic mass is 10.1. The summed E-state index contributed by atoms with van der Waals surface area (Å²) in [4.78, 5) is 9.08. The SMILES string of the molecule is NS(=O)(=O)c1cnc(N2CCCC[C@@H](N3CCCC3)C2)s1. The molecule has 0 radical (unpaired) electrons. The van der Waals surface area contributed by atoms with E-state index in [9.17, 15) is 8.42 Å². The lowest BCUT2D eigenvalue weighted by molar-refractivity contribution is 0.236. The van der Waals surface area contributed by atoms with E-state index in [1.165, 1.54) is 56.3 Å². The van der Waals surface area contributed by atoms with Crippen molar-refractivity contribution in [3.8, 4) is 0 Å². The van der Waals surface area contributed by atoms with Crippen LogP contribution in [0.2, 0.25) is 0 Å². The maximum atomic E-state index is 11.4. The monoisotopic (exact) mass is 330 g/mol. The number of sulfonamides is 1. The molecule has 2 aliphatic rings. The molecule has 118 valence electrons. The van der Waals surface area contributed by atoms with Crippen molar-refractivity contribution in [2.45, 2.75) is 42.4 Å². The maximum absolute atomic E-state index is 11.4. The predicted octanol–water partition coefficient (Wildman–Crippen LogP) is 1.25. The van der Waals surface area contributed by atoms with Crippen LogP contribution in [-0.2, 0) is 10.0 Å². The molecule has 0 unspecified atom stereocenters. The molecule has 2 aliphatic heterocycles. The van der Waals surface area contributed by atoms with Crippen LogP contribution in [-0.4, -0.2) is 50.5 Å². The van der Waals surface area contributed by atoms with Gasteiger partial charge in [-0.1, -0.05) is 17.8 Å². The van der Waals surface area contributed by atoms with Crippen LogP contribution in [0.25, 0.3) is 0 Å². The van der Waals surface area contributed by atoms with Crippen LogP contribution < -0.4 is 10.0 Å². The molecule has 0 bridgehead atoms. The first-order chi connectivity index (χ1) is 10.0. The Balaban J connectivity index is 1.75. The molecule has 6 nitrogen and oxygen atoms in total. The first-order valence-electron chi connectivity index (χ1n) is 7.52. The van der Waals surface area contributed by atoms with Crippen LogP contribution in [0.15, 0.2) is 10.4 Å². The highest BCUT2D eigenvalue weighted by atomic mass is 32.2. The third kappa shape index (κ3) is 3.56. The van der Waals surface area contributed by atoms with Crippen molar-refractivity contribution >= 4 is 26.5 Å². The van der Waals surface area contributed by atoms with Gasteiger partial charge in [0.25, 0.3) is 0 Å². The molecule has 3 rings (SSSR count). The van der Waals surface area contributed by atoms with E-state index in [1.54, 1.807) is 0 Å². The summed E-state index contributed by atoms with van der Waals surface area (Å²) in [5.41, 5.74) is 0. The van der Waals surface area contributed by atoms with Gasteiger partial charge < -0.3 is 4.90 Å². The fraction of sp³-hybridized carbons (Fsp3) is 0.769. The lowest BCUT2D eigenvalue weighted by Crippen LogP contribution is -2.41. The highest BCUT2D eigenvalue weighted by molar-refractivity contribution is 7.91. The number of nitrogens with zero attached hydrogens (tertiary/aromatic N) is 3. The molecule has 3 heterocycles. The molecule has 2 saturated heterocycles. The number of hydrogen-bond acceptors (Lipinski definition) is 6. The average molecular weight is 330 g/mol. The highest BCUT2D eigenvalue weighted by Gasteiger charge is 2.27. The van der Waals surface area contributed by atoms with E-state index in [-0.39, 0.29) is 4.21 Å². The number of hydrogen-bond donors (Lipinski definition) is 1. The van der Waals surface area contributed by atoms with Gasteiger partial charge in [0.2, 0.25) is 10.0 Å². The first kappa shape index (κ1) is 15.2. The second-order valence-electron chi connectivity index (χ2n) is 5.85. The Bertz CT molecular complexity index is 581. The summed E-state index contributed by atoms with van der Waals surface area (Å²) in [6.07, 6.45) is 7.56. The van der Waals surface area contributed by atoms with Crippen LogP contribution in [0.5, 0.6) is 0 Å². The van der Waals surface area contributed by atoms with Crippen molar-refractivity contribution in [1.29, 1.82) is 0 Å². The van der Waals surface area contributed by atoms with Crippen molar-refractivity contribution < 1.29 is 8.42 Å². The minimum Gasteiger partial charge on any atom is -0.346 e. The van der Waals surface area contributed by atoms with Gasteiger partial charge in [0.1, 0.15) is 0 Å². The second-order valence-corrected chi connectivity index (χ2v) is 8.64. The zero-order valence-corrected chi connectivity index (χ0v) is 13.7. The zero-order valence-electron chi connectivity index (χ0n) is 12.1. The van der Waals surface area contributed by atoms with Crippen LogP contribution in [0.3, 0.4) is 0 Å². The van der Waals surface area contributed by atoms with Crippen molar-refractivity contribution in [3.05, 3.63) is 6.20 Å². The van der Waals surface area contributed by atoms with Crippen LogP contribution in [0, 0.1) is 0 Å². The molecule has 2 fully saturated rings. The molecular weight excluding hydrogens is 308 g/mol. The summed E-state index contributed by atoms with van der Waals surface area (Å²) in [5, 5.41) is 5.96. The number of primary sulfonamides is 1. The fourth-order valence-electron chi connectivity index (χ4n) is 3.23. The Kier molecular flexibility index (Phi) is 4.49. The van der Waals surface area contributed by atoms with E-state index in [4.69, 9.17) is 5.14 Å². The largest absolute Gasteiger partial charge is 0.346 e. The summed E-state index contributed by atoms with van der Waals surface area (Å²) in [7, 11) is -3.64. The summed E-state index contributed by atoms with van der Waals surface area (Å²) < 4.78 is 22.9. The normalized spacial score (nSPS) is 25.2. The standard InChI is InChI=1S/C13H22N4O2S2/c14-21(18,19)12-9-15-13(20-12)17-8-2-1-5-11(10-17)16-6-3-4-7-16/h9,11H,1-8,10H2,(H2,14,18,19)/t11-/m1/s1. The number of nitrogens with two attached hydrogens (primary N) is 1.